The van der Waals surface area contributed by atoms with Gasteiger partial charge in [-0.1, -0.05) is 6.07 Å². The number of ether oxygens (including phenoxy) is 2. The second kappa shape index (κ2) is 6.24. The number of benzene rings is 1. The molecule has 0 atom stereocenters. The van der Waals surface area contributed by atoms with Crippen LogP contribution in [0.5, 0.6) is 0 Å². The third-order valence-corrected chi connectivity index (χ3v) is 1.82. The number of non-ortho nitro benzene ring substituents is 1. The highest BCUT2D eigenvalue weighted by atomic mass is 16.7. The predicted molar refractivity (Wildman–Crippen MR) is 64.0 cm³/mol. The van der Waals surface area contributed by atoms with Gasteiger partial charge in [-0.05, 0) is 19.6 Å². The summed E-state index contributed by atoms with van der Waals surface area (Å²) in [5, 5.41) is 12.8. The van der Waals surface area contributed by atoms with Crippen LogP contribution in [0.1, 0.15) is 6.92 Å². The van der Waals surface area contributed by atoms with Crippen LogP contribution in [0, 0.1) is 10.1 Å². The van der Waals surface area contributed by atoms with Crippen LogP contribution in [0.25, 0.3) is 0 Å². The van der Waals surface area contributed by atoms with Gasteiger partial charge in [0.1, 0.15) is 0 Å². The van der Waals surface area contributed by atoms with Crippen molar-refractivity contribution in [3.8, 4) is 0 Å². The summed E-state index contributed by atoms with van der Waals surface area (Å²) in [5.41, 5.74) is 0.120. The molecule has 7 heteroatoms. The molecule has 18 heavy (non-hydrogen) atoms. The average molecular weight is 252 g/mol. The van der Waals surface area contributed by atoms with Crippen molar-refractivity contribution in [2.24, 2.45) is 0 Å². The minimum absolute atomic E-state index is 0.128. The molecular weight excluding hydrogens is 240 g/mol. The predicted octanol–water partition coefficient (Wildman–Crippen LogP) is 2.65. The first-order valence-corrected chi connectivity index (χ1v) is 5.08. The zero-order valence-electron chi connectivity index (χ0n) is 9.71. The zero-order chi connectivity index (χ0) is 13.5. The lowest BCUT2D eigenvalue weighted by atomic mass is 10.3. The van der Waals surface area contributed by atoms with Crippen molar-refractivity contribution < 1.29 is 19.2 Å². The number of nitrogens with zero attached hydrogens (tertiary/aromatic N) is 1. The molecule has 96 valence electrons. The molecular formula is C11H12N2O5. The first-order chi connectivity index (χ1) is 8.52. The van der Waals surface area contributed by atoms with E-state index in [-0.39, 0.29) is 17.3 Å². The molecule has 0 fully saturated rings. The lowest BCUT2D eigenvalue weighted by Crippen LogP contribution is -2.14. The lowest BCUT2D eigenvalue weighted by molar-refractivity contribution is -0.384. The quantitative estimate of drug-likeness (QED) is 0.494. The molecule has 0 saturated carbocycles. The van der Waals surface area contributed by atoms with Crippen molar-refractivity contribution in [1.82, 2.24) is 0 Å². The van der Waals surface area contributed by atoms with Gasteiger partial charge in [0, 0.05) is 12.1 Å². The van der Waals surface area contributed by atoms with E-state index < -0.39 is 11.0 Å². The van der Waals surface area contributed by atoms with Crippen LogP contribution in [0.4, 0.5) is 16.2 Å². The van der Waals surface area contributed by atoms with Crippen molar-refractivity contribution in [3.05, 3.63) is 46.9 Å². The summed E-state index contributed by atoms with van der Waals surface area (Å²) >= 11 is 0. The Morgan fingerprint density at radius 1 is 1.56 bits per heavy atom. The van der Waals surface area contributed by atoms with Crippen LogP contribution in [-0.2, 0) is 9.47 Å². The Morgan fingerprint density at radius 3 is 2.89 bits per heavy atom. The second-order valence-corrected chi connectivity index (χ2v) is 3.13. The minimum atomic E-state index is -0.825. The van der Waals surface area contributed by atoms with E-state index in [1.807, 2.05) is 0 Å². The summed E-state index contributed by atoms with van der Waals surface area (Å²) in [4.78, 5) is 21.3. The van der Waals surface area contributed by atoms with E-state index in [4.69, 9.17) is 4.74 Å². The largest absolute Gasteiger partial charge is 0.466 e. The van der Waals surface area contributed by atoms with Gasteiger partial charge >= 0.3 is 6.09 Å². The van der Waals surface area contributed by atoms with Gasteiger partial charge in [0.25, 0.3) is 11.6 Å². The van der Waals surface area contributed by atoms with Crippen LogP contribution in [0.2, 0.25) is 0 Å². The van der Waals surface area contributed by atoms with Gasteiger partial charge in [0.15, 0.2) is 0 Å². The van der Waals surface area contributed by atoms with Crippen LogP contribution in [0.3, 0.4) is 0 Å². The Labute approximate surface area is 103 Å². The molecule has 1 amide bonds. The van der Waals surface area contributed by atoms with E-state index in [0.29, 0.717) is 6.61 Å². The van der Waals surface area contributed by atoms with E-state index in [9.17, 15) is 14.9 Å². The van der Waals surface area contributed by atoms with E-state index >= 15 is 0 Å². The van der Waals surface area contributed by atoms with Crippen LogP contribution in [-0.4, -0.2) is 17.6 Å². The van der Waals surface area contributed by atoms with Crippen LogP contribution < -0.4 is 5.32 Å². The Morgan fingerprint density at radius 2 is 2.28 bits per heavy atom. The maximum absolute atomic E-state index is 11.3. The molecule has 0 bridgehead atoms. The molecule has 0 saturated heterocycles. The monoisotopic (exact) mass is 252 g/mol. The van der Waals surface area contributed by atoms with Gasteiger partial charge < -0.3 is 9.47 Å². The molecule has 0 aromatic heterocycles. The highest BCUT2D eigenvalue weighted by molar-refractivity contribution is 5.85. The van der Waals surface area contributed by atoms with E-state index in [2.05, 4.69) is 16.6 Å². The van der Waals surface area contributed by atoms with Gasteiger partial charge in [-0.3, -0.25) is 15.4 Å². The molecule has 0 aliphatic carbocycles. The van der Waals surface area contributed by atoms with Crippen molar-refractivity contribution in [1.29, 1.82) is 0 Å². The number of rotatable bonds is 5. The number of hydrogen-bond donors (Lipinski definition) is 1. The smallest absolute Gasteiger partial charge is 0.419 e. The Hall–Kier alpha value is -2.57. The summed E-state index contributed by atoms with van der Waals surface area (Å²) < 4.78 is 9.48. The van der Waals surface area contributed by atoms with Crippen molar-refractivity contribution in [2.45, 2.75) is 6.92 Å². The van der Waals surface area contributed by atoms with Gasteiger partial charge in [-0.25, -0.2) is 4.79 Å². The molecule has 0 aliphatic rings. The summed E-state index contributed by atoms with van der Waals surface area (Å²) in [6, 6.07) is 5.48. The molecule has 1 aromatic carbocycles. The first-order valence-electron chi connectivity index (χ1n) is 5.08. The highest BCUT2D eigenvalue weighted by Crippen LogP contribution is 2.17. The van der Waals surface area contributed by atoms with E-state index in [1.165, 1.54) is 24.3 Å². The maximum atomic E-state index is 11.3. The number of carbonyl (C=O) groups is 1. The second-order valence-electron chi connectivity index (χ2n) is 3.13. The third-order valence-electron chi connectivity index (χ3n) is 1.82. The first kappa shape index (κ1) is 13.5. The number of hydrogen-bond acceptors (Lipinski definition) is 5. The molecule has 1 N–H and O–H groups in total. The molecule has 0 aliphatic heterocycles. The molecule has 1 rings (SSSR count). The van der Waals surface area contributed by atoms with Crippen molar-refractivity contribution in [3.63, 3.8) is 0 Å². The SMILES string of the molecule is C=C(OCC)OC(=O)Nc1cccc([N+](=O)[O-])c1. The van der Waals surface area contributed by atoms with Gasteiger partial charge in [-0.15, -0.1) is 0 Å². The summed E-state index contributed by atoms with van der Waals surface area (Å²) in [6.07, 6.45) is -0.825. The fourth-order valence-electron chi connectivity index (χ4n) is 1.13. The van der Waals surface area contributed by atoms with Crippen LogP contribution >= 0.6 is 0 Å². The van der Waals surface area contributed by atoms with Gasteiger partial charge in [-0.2, -0.15) is 0 Å². The summed E-state index contributed by atoms with van der Waals surface area (Å²) in [5.74, 6) is -0.138. The number of anilines is 1. The van der Waals surface area contributed by atoms with E-state index in [0.717, 1.165) is 0 Å². The van der Waals surface area contributed by atoms with Crippen molar-refractivity contribution >= 4 is 17.5 Å². The van der Waals surface area contributed by atoms with Gasteiger partial charge in [0.05, 0.1) is 17.2 Å². The Kier molecular flexibility index (Phi) is 4.67. The molecule has 0 spiro atoms. The molecule has 1 aromatic rings. The van der Waals surface area contributed by atoms with Crippen LogP contribution in [0.15, 0.2) is 36.8 Å². The third kappa shape index (κ3) is 4.12. The number of nitrogens with one attached hydrogen (secondary N) is 1. The number of nitro groups is 1. The lowest BCUT2D eigenvalue weighted by Gasteiger charge is -2.08. The highest BCUT2D eigenvalue weighted by Gasteiger charge is 2.10. The average Bonchev–Trinajstić information content (AvgIpc) is 2.29. The topological polar surface area (TPSA) is 90.7 Å². The fraction of sp³-hybridized carbons (Fsp3) is 0.182. The molecule has 7 nitrogen and oxygen atoms in total. The Bertz CT molecular complexity index is 472. The fourth-order valence-corrected chi connectivity index (χ4v) is 1.13. The zero-order valence-corrected chi connectivity index (χ0v) is 9.71. The molecule has 0 radical (unpaired) electrons. The van der Waals surface area contributed by atoms with E-state index in [1.54, 1.807) is 6.92 Å². The number of carbonyl (C=O) groups excluding carboxylic acids is 1. The molecule has 0 unspecified atom stereocenters. The maximum Gasteiger partial charge on any atom is 0.419 e. The molecule has 0 heterocycles. The standard InChI is InChI=1S/C11H12N2O5/c1-3-17-8(2)18-11(14)12-9-5-4-6-10(7-9)13(15)16/h4-7H,2-3H2,1H3,(H,12,14). The van der Waals surface area contributed by atoms with Gasteiger partial charge in [0.2, 0.25) is 0 Å². The normalized spacial score (nSPS) is 9.39. The minimum Gasteiger partial charge on any atom is -0.466 e. The number of amides is 1. The summed E-state index contributed by atoms with van der Waals surface area (Å²) in [7, 11) is 0. The van der Waals surface area contributed by atoms with Crippen molar-refractivity contribution in [2.75, 3.05) is 11.9 Å². The Balaban J connectivity index is 2.62. The summed E-state index contributed by atoms with van der Waals surface area (Å²) in [6.45, 7) is 5.40. The number of nitro benzene ring substituents is 1.